The largest absolute Gasteiger partial charge is 0.467 e. The molecule has 1 aliphatic rings. The first-order chi connectivity index (χ1) is 11.8. The van der Waals surface area contributed by atoms with E-state index in [4.69, 9.17) is 16.6 Å². The van der Waals surface area contributed by atoms with Crippen LogP contribution in [0, 0.1) is 0 Å². The first kappa shape index (κ1) is 14.8. The lowest BCUT2D eigenvalue weighted by Gasteiger charge is -2.26. The molecule has 1 aliphatic heterocycles. The van der Waals surface area contributed by atoms with Gasteiger partial charge in [-0.1, -0.05) is 6.07 Å². The van der Waals surface area contributed by atoms with E-state index in [1.54, 1.807) is 24.9 Å². The van der Waals surface area contributed by atoms with E-state index >= 15 is 0 Å². The molecule has 0 aromatic carbocycles. The second-order valence-electron chi connectivity index (χ2n) is 5.63. The molecule has 0 amide bonds. The van der Waals surface area contributed by atoms with E-state index in [0.717, 1.165) is 17.0 Å². The lowest BCUT2D eigenvalue weighted by molar-refractivity contribution is 0.267. The number of nitrogens with one attached hydrogen (secondary N) is 1. The van der Waals surface area contributed by atoms with Crippen LogP contribution in [0.5, 0.6) is 0 Å². The van der Waals surface area contributed by atoms with Crippen molar-refractivity contribution in [2.24, 2.45) is 0 Å². The molecule has 0 saturated carbocycles. The minimum atomic E-state index is -0.0494. The molecule has 5 nitrogen and oxygen atoms in total. The molecule has 1 fully saturated rings. The normalized spacial score (nSPS) is 20.2. The fourth-order valence-corrected chi connectivity index (χ4v) is 3.33. The Morgan fingerprint density at radius 2 is 1.96 bits per heavy atom. The Morgan fingerprint density at radius 1 is 1.08 bits per heavy atom. The van der Waals surface area contributed by atoms with Gasteiger partial charge in [-0.3, -0.25) is 9.97 Å². The molecule has 4 rings (SSSR count). The maximum absolute atomic E-state index is 5.70. The molecule has 0 spiro atoms. The average molecular weight is 336 g/mol. The van der Waals surface area contributed by atoms with Gasteiger partial charge in [-0.15, -0.1) is 0 Å². The van der Waals surface area contributed by atoms with Crippen LogP contribution in [0.3, 0.4) is 0 Å². The van der Waals surface area contributed by atoms with Gasteiger partial charge in [0.05, 0.1) is 18.0 Å². The Balaban J connectivity index is 1.71. The number of pyridine rings is 2. The molecular weight excluding hydrogens is 320 g/mol. The summed E-state index contributed by atoms with van der Waals surface area (Å²) < 4.78 is 5.70. The summed E-state index contributed by atoms with van der Waals surface area (Å²) in [5, 5.41) is 4.10. The molecule has 4 heterocycles. The van der Waals surface area contributed by atoms with Crippen LogP contribution in [0.15, 0.2) is 71.7 Å². The summed E-state index contributed by atoms with van der Waals surface area (Å²) >= 11 is 5.60. The Labute approximate surface area is 145 Å². The van der Waals surface area contributed by atoms with Crippen LogP contribution in [0.25, 0.3) is 0 Å². The first-order valence-corrected chi connectivity index (χ1v) is 8.14. The maximum Gasteiger partial charge on any atom is 0.170 e. The van der Waals surface area contributed by atoms with Crippen molar-refractivity contribution >= 4 is 17.3 Å². The molecule has 0 aliphatic carbocycles. The summed E-state index contributed by atoms with van der Waals surface area (Å²) in [6, 6.07) is 13.7. The quantitative estimate of drug-likeness (QED) is 0.738. The van der Waals surface area contributed by atoms with Gasteiger partial charge in [0.25, 0.3) is 0 Å². The standard InChI is InChI=1S/C18H16N4OS/c24-18-21-16(14-4-1-2-8-20-14)17(15-5-3-11-23-15)22(18)12-13-6-9-19-10-7-13/h1-11,16-17H,12H2,(H,21,24)/t16-,17-/m0/s1. The minimum Gasteiger partial charge on any atom is -0.467 e. The van der Waals surface area contributed by atoms with Crippen LogP contribution >= 0.6 is 12.2 Å². The number of nitrogens with zero attached hydrogens (tertiary/aromatic N) is 3. The number of furan rings is 1. The first-order valence-electron chi connectivity index (χ1n) is 7.73. The summed E-state index contributed by atoms with van der Waals surface area (Å²) in [5.41, 5.74) is 2.09. The van der Waals surface area contributed by atoms with Crippen LogP contribution in [0.2, 0.25) is 0 Å². The van der Waals surface area contributed by atoms with E-state index < -0.39 is 0 Å². The van der Waals surface area contributed by atoms with E-state index in [9.17, 15) is 0 Å². The van der Waals surface area contributed by atoms with Gasteiger partial charge < -0.3 is 14.6 Å². The van der Waals surface area contributed by atoms with Crippen LogP contribution in [0.1, 0.15) is 29.1 Å². The van der Waals surface area contributed by atoms with Crippen LogP contribution in [-0.2, 0) is 6.54 Å². The third-order valence-corrected chi connectivity index (χ3v) is 4.49. The van der Waals surface area contributed by atoms with E-state index in [0.29, 0.717) is 11.7 Å². The number of rotatable bonds is 4. The van der Waals surface area contributed by atoms with E-state index in [1.807, 2.05) is 42.5 Å². The molecule has 1 N–H and O–H groups in total. The van der Waals surface area contributed by atoms with Gasteiger partial charge in [0, 0.05) is 25.1 Å². The lowest BCUT2D eigenvalue weighted by atomic mass is 10.0. The highest BCUT2D eigenvalue weighted by Crippen LogP contribution is 2.39. The summed E-state index contributed by atoms with van der Waals surface area (Å²) in [4.78, 5) is 10.7. The number of thiocarbonyl (C=S) groups is 1. The summed E-state index contributed by atoms with van der Waals surface area (Å²) in [6.45, 7) is 0.684. The van der Waals surface area contributed by atoms with Crippen molar-refractivity contribution < 1.29 is 4.42 Å². The molecule has 1 saturated heterocycles. The molecule has 0 radical (unpaired) electrons. The van der Waals surface area contributed by atoms with Gasteiger partial charge in [0.15, 0.2) is 5.11 Å². The highest BCUT2D eigenvalue weighted by atomic mass is 32.1. The molecular formula is C18H16N4OS. The van der Waals surface area contributed by atoms with Gasteiger partial charge in [0.2, 0.25) is 0 Å². The van der Waals surface area contributed by atoms with Gasteiger partial charge in [0.1, 0.15) is 11.8 Å². The van der Waals surface area contributed by atoms with Crippen molar-refractivity contribution in [3.8, 4) is 0 Å². The van der Waals surface area contributed by atoms with E-state index in [-0.39, 0.29) is 12.1 Å². The van der Waals surface area contributed by atoms with Gasteiger partial charge in [-0.25, -0.2) is 0 Å². The van der Waals surface area contributed by atoms with Crippen molar-refractivity contribution in [3.63, 3.8) is 0 Å². The van der Waals surface area contributed by atoms with Crippen molar-refractivity contribution in [2.45, 2.75) is 18.6 Å². The zero-order chi connectivity index (χ0) is 16.4. The number of aromatic nitrogens is 2. The molecule has 0 bridgehead atoms. The Kier molecular flexibility index (Phi) is 3.96. The van der Waals surface area contributed by atoms with Crippen LogP contribution < -0.4 is 5.32 Å². The maximum atomic E-state index is 5.70. The Morgan fingerprint density at radius 3 is 2.67 bits per heavy atom. The number of hydrogen-bond acceptors (Lipinski definition) is 4. The molecule has 24 heavy (non-hydrogen) atoms. The lowest BCUT2D eigenvalue weighted by Crippen LogP contribution is -2.29. The second-order valence-corrected chi connectivity index (χ2v) is 6.01. The van der Waals surface area contributed by atoms with Crippen LogP contribution in [-0.4, -0.2) is 20.0 Å². The third kappa shape index (κ3) is 2.76. The predicted molar refractivity (Wildman–Crippen MR) is 93.9 cm³/mol. The highest BCUT2D eigenvalue weighted by molar-refractivity contribution is 7.80. The van der Waals surface area contributed by atoms with Gasteiger partial charge in [-0.05, 0) is 54.2 Å². The van der Waals surface area contributed by atoms with E-state index in [1.165, 1.54) is 0 Å². The van der Waals surface area contributed by atoms with Gasteiger partial charge in [-0.2, -0.15) is 0 Å². The summed E-state index contributed by atoms with van der Waals surface area (Å²) in [7, 11) is 0. The monoisotopic (exact) mass is 336 g/mol. The van der Waals surface area contributed by atoms with Crippen molar-refractivity contribution in [1.29, 1.82) is 0 Å². The highest BCUT2D eigenvalue weighted by Gasteiger charge is 2.41. The molecule has 3 aromatic rings. The number of hydrogen-bond donors (Lipinski definition) is 1. The van der Waals surface area contributed by atoms with Crippen molar-refractivity contribution in [3.05, 3.63) is 84.3 Å². The third-order valence-electron chi connectivity index (χ3n) is 4.13. The summed E-state index contributed by atoms with van der Waals surface area (Å²) in [5.74, 6) is 0.868. The van der Waals surface area contributed by atoms with Gasteiger partial charge >= 0.3 is 0 Å². The second kappa shape index (κ2) is 6.41. The SMILES string of the molecule is S=C1N[C@@H](c2ccccn2)[C@H](c2ccco2)N1Cc1ccncc1. The molecule has 120 valence electrons. The van der Waals surface area contributed by atoms with Crippen LogP contribution in [0.4, 0.5) is 0 Å². The zero-order valence-electron chi connectivity index (χ0n) is 12.9. The zero-order valence-corrected chi connectivity index (χ0v) is 13.7. The molecule has 6 heteroatoms. The Bertz CT molecular complexity index is 808. The molecule has 3 aromatic heterocycles. The Hall–Kier alpha value is -2.73. The van der Waals surface area contributed by atoms with E-state index in [2.05, 4.69) is 20.2 Å². The summed E-state index contributed by atoms with van der Waals surface area (Å²) in [6.07, 6.45) is 7.07. The van der Waals surface area contributed by atoms with Crippen molar-refractivity contribution in [1.82, 2.24) is 20.2 Å². The smallest absolute Gasteiger partial charge is 0.170 e. The fourth-order valence-electron chi connectivity index (χ4n) is 3.03. The fraction of sp³-hybridized carbons (Fsp3) is 0.167. The minimum absolute atomic E-state index is 0.0458. The van der Waals surface area contributed by atoms with Crippen molar-refractivity contribution in [2.75, 3.05) is 0 Å². The molecule has 2 atom stereocenters. The topological polar surface area (TPSA) is 54.2 Å². The molecule has 0 unspecified atom stereocenters. The average Bonchev–Trinajstić information content (AvgIpc) is 3.25. The predicted octanol–water partition coefficient (Wildman–Crippen LogP) is 3.24.